The van der Waals surface area contributed by atoms with Gasteiger partial charge in [-0.05, 0) is 49.2 Å². The quantitative estimate of drug-likeness (QED) is 0.469. The average molecular weight is 409 g/mol. The Balaban J connectivity index is 1.74. The van der Waals surface area contributed by atoms with Crippen LogP contribution in [0.4, 0.5) is 4.39 Å². The zero-order valence-corrected chi connectivity index (χ0v) is 16.3. The van der Waals surface area contributed by atoms with E-state index in [4.69, 9.17) is 26.3 Å². The van der Waals surface area contributed by atoms with E-state index in [1.807, 2.05) is 28.8 Å². The molecule has 0 N–H and O–H groups in total. The Hall–Kier alpha value is -2.83. The lowest BCUT2D eigenvalue weighted by Gasteiger charge is -2.20. The Bertz CT molecular complexity index is 1170. The molecule has 0 unspecified atom stereocenters. The minimum absolute atomic E-state index is 0.258. The van der Waals surface area contributed by atoms with Crippen LogP contribution in [-0.2, 0) is 4.74 Å². The third-order valence-electron chi connectivity index (χ3n) is 5.20. The first-order valence-corrected chi connectivity index (χ1v) is 9.92. The maximum atomic E-state index is 13.6. The number of hydrogen-bond acceptors (Lipinski definition) is 4. The van der Waals surface area contributed by atoms with Gasteiger partial charge in [-0.2, -0.15) is 0 Å². The molecule has 29 heavy (non-hydrogen) atoms. The molecular formula is C22H18ClFN4O. The van der Waals surface area contributed by atoms with Gasteiger partial charge in [0.05, 0.1) is 11.2 Å². The van der Waals surface area contributed by atoms with Crippen molar-refractivity contribution in [1.82, 2.24) is 19.5 Å². The van der Waals surface area contributed by atoms with Gasteiger partial charge in [0.25, 0.3) is 0 Å². The summed E-state index contributed by atoms with van der Waals surface area (Å²) in [5.74, 6) is 1.40. The highest BCUT2D eigenvalue weighted by Crippen LogP contribution is 2.33. The Kier molecular flexibility index (Phi) is 4.73. The lowest BCUT2D eigenvalue weighted by Crippen LogP contribution is -2.16. The fourth-order valence-electron chi connectivity index (χ4n) is 3.70. The summed E-state index contributed by atoms with van der Waals surface area (Å²) in [6.45, 7) is 1.43. The minimum atomic E-state index is -0.296. The number of imidazole rings is 1. The second kappa shape index (κ2) is 7.54. The van der Waals surface area contributed by atoms with Gasteiger partial charge in [-0.25, -0.2) is 19.3 Å². The first-order chi connectivity index (χ1) is 14.2. The normalized spacial score (nSPS) is 15.1. The van der Waals surface area contributed by atoms with Crippen molar-refractivity contribution < 1.29 is 9.13 Å². The fourth-order valence-corrected chi connectivity index (χ4v) is 3.92. The van der Waals surface area contributed by atoms with Crippen molar-refractivity contribution in [3.8, 4) is 17.1 Å². The zero-order valence-electron chi connectivity index (χ0n) is 15.6. The molecule has 1 aliphatic rings. The molecule has 1 aliphatic heterocycles. The van der Waals surface area contributed by atoms with Crippen molar-refractivity contribution in [3.05, 3.63) is 71.4 Å². The number of ether oxygens (including phenoxy) is 1. The van der Waals surface area contributed by atoms with Gasteiger partial charge in [0, 0.05) is 30.4 Å². The van der Waals surface area contributed by atoms with Crippen molar-refractivity contribution in [2.45, 2.75) is 18.8 Å². The number of nitrogens with zero attached hydrogens (tertiary/aromatic N) is 4. The second-order valence-corrected chi connectivity index (χ2v) is 7.46. The van der Waals surface area contributed by atoms with E-state index in [0.717, 1.165) is 29.9 Å². The molecule has 0 spiro atoms. The van der Waals surface area contributed by atoms with E-state index >= 15 is 0 Å². The van der Waals surface area contributed by atoms with Gasteiger partial charge in [0.2, 0.25) is 0 Å². The van der Waals surface area contributed by atoms with Crippen molar-refractivity contribution in [1.29, 1.82) is 0 Å². The molecule has 1 saturated heterocycles. The highest BCUT2D eigenvalue weighted by atomic mass is 35.5. The Morgan fingerprint density at radius 2 is 1.76 bits per heavy atom. The van der Waals surface area contributed by atoms with Gasteiger partial charge < -0.3 is 4.74 Å². The second-order valence-electron chi connectivity index (χ2n) is 7.05. The van der Waals surface area contributed by atoms with Crippen LogP contribution in [-0.4, -0.2) is 32.7 Å². The molecule has 1 fully saturated rings. The number of hydrogen-bond donors (Lipinski definition) is 0. The largest absolute Gasteiger partial charge is 0.381 e. The summed E-state index contributed by atoms with van der Waals surface area (Å²) in [5, 5.41) is 0.587. The molecule has 146 valence electrons. The van der Waals surface area contributed by atoms with Crippen LogP contribution in [0.3, 0.4) is 0 Å². The summed E-state index contributed by atoms with van der Waals surface area (Å²) in [6.07, 6.45) is 3.55. The monoisotopic (exact) mass is 408 g/mol. The van der Waals surface area contributed by atoms with Gasteiger partial charge in [-0.3, -0.25) is 4.57 Å². The van der Waals surface area contributed by atoms with Crippen LogP contribution in [0.1, 0.15) is 24.6 Å². The summed E-state index contributed by atoms with van der Waals surface area (Å²) >= 11 is 6.46. The SMILES string of the molecule is Fc1ccc(-n2c(-c3ccccc3Cl)nc3cnc(C4CCOCC4)nc32)cc1. The lowest BCUT2D eigenvalue weighted by molar-refractivity contribution is 0.0836. The molecule has 2 aromatic heterocycles. The van der Waals surface area contributed by atoms with E-state index < -0.39 is 0 Å². The van der Waals surface area contributed by atoms with Crippen molar-refractivity contribution in [2.75, 3.05) is 13.2 Å². The lowest BCUT2D eigenvalue weighted by atomic mass is 9.99. The number of fused-ring (bicyclic) bond motifs is 1. The van der Waals surface area contributed by atoms with Crippen LogP contribution in [0.2, 0.25) is 5.02 Å². The van der Waals surface area contributed by atoms with Gasteiger partial charge in [0.15, 0.2) is 5.65 Å². The number of rotatable bonds is 3. The third kappa shape index (κ3) is 3.39. The fraction of sp³-hybridized carbons (Fsp3) is 0.227. The summed E-state index contributed by atoms with van der Waals surface area (Å²) in [4.78, 5) is 14.2. The molecule has 3 heterocycles. The predicted octanol–water partition coefficient (Wildman–Crippen LogP) is 5.17. The first-order valence-electron chi connectivity index (χ1n) is 9.54. The van der Waals surface area contributed by atoms with Gasteiger partial charge in [-0.15, -0.1) is 0 Å². The van der Waals surface area contributed by atoms with Crippen LogP contribution >= 0.6 is 11.6 Å². The molecule has 0 saturated carbocycles. The Morgan fingerprint density at radius 1 is 1.00 bits per heavy atom. The van der Waals surface area contributed by atoms with E-state index in [0.29, 0.717) is 35.2 Å². The number of halogens is 2. The molecule has 5 nitrogen and oxygen atoms in total. The molecule has 0 bridgehead atoms. The summed E-state index contributed by atoms with van der Waals surface area (Å²) < 4.78 is 20.9. The van der Waals surface area contributed by atoms with Crippen LogP contribution in [0, 0.1) is 5.82 Å². The van der Waals surface area contributed by atoms with Gasteiger partial charge in [-0.1, -0.05) is 23.7 Å². The van der Waals surface area contributed by atoms with E-state index in [1.165, 1.54) is 12.1 Å². The number of aromatic nitrogens is 4. The molecule has 0 radical (unpaired) electrons. The Morgan fingerprint density at radius 3 is 2.52 bits per heavy atom. The Labute approximate surface area is 172 Å². The molecule has 4 aromatic rings. The van der Waals surface area contributed by atoms with Crippen molar-refractivity contribution in [3.63, 3.8) is 0 Å². The molecular weight excluding hydrogens is 391 g/mol. The van der Waals surface area contributed by atoms with E-state index in [9.17, 15) is 4.39 Å². The number of benzene rings is 2. The molecule has 2 aromatic carbocycles. The zero-order chi connectivity index (χ0) is 19.8. The van der Waals surface area contributed by atoms with Gasteiger partial charge in [0.1, 0.15) is 23.0 Å². The highest BCUT2D eigenvalue weighted by Gasteiger charge is 2.22. The standard InChI is InChI=1S/C22H18ClFN4O/c23-18-4-2-1-3-17(18)21-26-19-13-25-20(14-9-11-29-12-10-14)27-22(19)28(21)16-7-5-15(24)6-8-16/h1-8,13-14H,9-12H2. The molecule has 5 rings (SSSR count). The third-order valence-corrected chi connectivity index (χ3v) is 5.53. The maximum Gasteiger partial charge on any atom is 0.168 e. The smallest absolute Gasteiger partial charge is 0.168 e. The maximum absolute atomic E-state index is 13.6. The van der Waals surface area contributed by atoms with E-state index in [2.05, 4.69) is 4.98 Å². The van der Waals surface area contributed by atoms with E-state index in [1.54, 1.807) is 18.3 Å². The van der Waals surface area contributed by atoms with Crippen LogP contribution in [0.15, 0.2) is 54.7 Å². The van der Waals surface area contributed by atoms with Crippen LogP contribution < -0.4 is 0 Å². The average Bonchev–Trinajstić information content (AvgIpc) is 3.14. The summed E-state index contributed by atoms with van der Waals surface area (Å²) in [5.41, 5.74) is 2.90. The highest BCUT2D eigenvalue weighted by molar-refractivity contribution is 6.33. The van der Waals surface area contributed by atoms with Crippen LogP contribution in [0.25, 0.3) is 28.2 Å². The van der Waals surface area contributed by atoms with Crippen molar-refractivity contribution >= 4 is 22.8 Å². The van der Waals surface area contributed by atoms with Crippen LogP contribution in [0.5, 0.6) is 0 Å². The molecule has 0 aliphatic carbocycles. The topological polar surface area (TPSA) is 52.8 Å². The molecule has 0 amide bonds. The summed E-state index contributed by atoms with van der Waals surface area (Å²) in [6, 6.07) is 13.8. The van der Waals surface area contributed by atoms with E-state index in [-0.39, 0.29) is 11.7 Å². The molecule has 7 heteroatoms. The summed E-state index contributed by atoms with van der Waals surface area (Å²) in [7, 11) is 0. The first kappa shape index (κ1) is 18.2. The van der Waals surface area contributed by atoms with Gasteiger partial charge >= 0.3 is 0 Å². The molecule has 0 atom stereocenters. The van der Waals surface area contributed by atoms with Crippen molar-refractivity contribution in [2.24, 2.45) is 0 Å². The predicted molar refractivity (Wildman–Crippen MR) is 110 cm³/mol. The minimum Gasteiger partial charge on any atom is -0.381 e.